The van der Waals surface area contributed by atoms with Gasteiger partial charge in [0.05, 0.1) is 0 Å². The Hall–Kier alpha value is -0.890. The minimum atomic E-state index is -0.0144. The summed E-state index contributed by atoms with van der Waals surface area (Å²) in [6.07, 6.45) is 11.4. The molecule has 1 saturated carbocycles. The molecule has 1 fully saturated rings. The molecule has 0 aromatic heterocycles. The van der Waals surface area contributed by atoms with Crippen LogP contribution in [0.3, 0.4) is 0 Å². The van der Waals surface area contributed by atoms with Crippen LogP contribution >= 0.6 is 0 Å². The zero-order valence-corrected chi connectivity index (χ0v) is 11.6. The Balaban J connectivity index is 1.66. The first-order valence-electron chi connectivity index (χ1n) is 7.88. The maximum Gasteiger partial charge on any atom is 0.126 e. The van der Waals surface area contributed by atoms with Crippen molar-refractivity contribution in [1.82, 2.24) is 5.32 Å². The molecular weight excluding hydrogens is 237 g/mol. The Kier molecular flexibility index (Phi) is 4.17. The fraction of sp³-hybridized carbons (Fsp3) is 0.647. The summed E-state index contributed by atoms with van der Waals surface area (Å²) in [6, 6.07) is 6.57. The van der Waals surface area contributed by atoms with E-state index in [1.54, 1.807) is 6.07 Å². The SMILES string of the molecule is Fc1cccc2c1CCC2NC1CCCCCCC1. The van der Waals surface area contributed by atoms with Crippen LogP contribution in [0.5, 0.6) is 0 Å². The van der Waals surface area contributed by atoms with E-state index in [0.717, 1.165) is 18.4 Å². The van der Waals surface area contributed by atoms with Gasteiger partial charge in [0.1, 0.15) is 5.82 Å². The molecular formula is C17H24FN. The van der Waals surface area contributed by atoms with Gasteiger partial charge in [-0.15, -0.1) is 0 Å². The van der Waals surface area contributed by atoms with Crippen LogP contribution in [0.2, 0.25) is 0 Å². The van der Waals surface area contributed by atoms with Crippen LogP contribution in [0, 0.1) is 5.82 Å². The molecule has 2 heteroatoms. The fourth-order valence-electron chi connectivity index (χ4n) is 3.69. The molecule has 1 nitrogen and oxygen atoms in total. The molecule has 2 aliphatic rings. The highest BCUT2D eigenvalue weighted by Crippen LogP contribution is 2.33. The third kappa shape index (κ3) is 3.00. The van der Waals surface area contributed by atoms with Crippen molar-refractivity contribution < 1.29 is 4.39 Å². The Morgan fingerprint density at radius 2 is 1.68 bits per heavy atom. The first-order valence-corrected chi connectivity index (χ1v) is 7.88. The van der Waals surface area contributed by atoms with Gasteiger partial charge in [-0.25, -0.2) is 4.39 Å². The normalized spacial score (nSPS) is 24.8. The summed E-state index contributed by atoms with van der Waals surface area (Å²) in [5.41, 5.74) is 2.16. The van der Waals surface area contributed by atoms with Gasteiger partial charge < -0.3 is 5.32 Å². The summed E-state index contributed by atoms with van der Waals surface area (Å²) in [7, 11) is 0. The second-order valence-electron chi connectivity index (χ2n) is 6.11. The second-order valence-corrected chi connectivity index (χ2v) is 6.11. The Bertz CT molecular complexity index is 421. The van der Waals surface area contributed by atoms with E-state index >= 15 is 0 Å². The van der Waals surface area contributed by atoms with Crippen molar-refractivity contribution in [2.24, 2.45) is 0 Å². The number of hydrogen-bond donors (Lipinski definition) is 1. The summed E-state index contributed by atoms with van der Waals surface area (Å²) in [5, 5.41) is 3.80. The average molecular weight is 261 g/mol. The molecule has 1 atom stereocenters. The molecule has 1 N–H and O–H groups in total. The van der Waals surface area contributed by atoms with Gasteiger partial charge in [0.15, 0.2) is 0 Å². The van der Waals surface area contributed by atoms with Gasteiger partial charge in [-0.2, -0.15) is 0 Å². The maximum absolute atomic E-state index is 13.7. The van der Waals surface area contributed by atoms with Crippen molar-refractivity contribution >= 4 is 0 Å². The standard InChI is InChI=1S/C17H24FN/c18-16-10-6-9-15-14(16)11-12-17(15)19-13-7-4-2-1-3-5-8-13/h6,9-10,13,17,19H,1-5,7-8,11-12H2. The lowest BCUT2D eigenvalue weighted by Crippen LogP contribution is -2.32. The Morgan fingerprint density at radius 1 is 0.947 bits per heavy atom. The molecule has 0 radical (unpaired) electrons. The minimum absolute atomic E-state index is 0.0144. The highest BCUT2D eigenvalue weighted by molar-refractivity contribution is 5.35. The van der Waals surface area contributed by atoms with Gasteiger partial charge in [-0.1, -0.05) is 44.2 Å². The molecule has 1 aromatic carbocycles. The third-order valence-electron chi connectivity index (χ3n) is 4.76. The molecule has 0 bridgehead atoms. The van der Waals surface area contributed by atoms with E-state index < -0.39 is 0 Å². The third-order valence-corrected chi connectivity index (χ3v) is 4.76. The van der Waals surface area contributed by atoms with Crippen molar-refractivity contribution in [2.45, 2.75) is 69.9 Å². The number of fused-ring (bicyclic) bond motifs is 1. The van der Waals surface area contributed by atoms with Crippen molar-refractivity contribution in [2.75, 3.05) is 0 Å². The van der Waals surface area contributed by atoms with Crippen LogP contribution in [0.25, 0.3) is 0 Å². The molecule has 0 amide bonds. The first kappa shape index (κ1) is 13.1. The van der Waals surface area contributed by atoms with Crippen molar-refractivity contribution in [3.63, 3.8) is 0 Å². The molecule has 0 heterocycles. The van der Waals surface area contributed by atoms with Gasteiger partial charge in [-0.05, 0) is 42.9 Å². The number of benzene rings is 1. The fourth-order valence-corrected chi connectivity index (χ4v) is 3.69. The quantitative estimate of drug-likeness (QED) is 0.825. The number of rotatable bonds is 2. The summed E-state index contributed by atoms with van der Waals surface area (Å²) in [5.74, 6) is -0.0144. The van der Waals surface area contributed by atoms with Gasteiger partial charge >= 0.3 is 0 Å². The predicted molar refractivity (Wildman–Crippen MR) is 76.7 cm³/mol. The molecule has 19 heavy (non-hydrogen) atoms. The lowest BCUT2D eigenvalue weighted by Gasteiger charge is -2.25. The monoisotopic (exact) mass is 261 g/mol. The second kappa shape index (κ2) is 6.04. The molecule has 0 spiro atoms. The molecule has 1 unspecified atom stereocenters. The molecule has 3 rings (SSSR count). The first-order chi connectivity index (χ1) is 9.34. The Morgan fingerprint density at radius 3 is 2.47 bits per heavy atom. The maximum atomic E-state index is 13.7. The predicted octanol–water partition coefficient (Wildman–Crippen LogP) is 4.52. The smallest absolute Gasteiger partial charge is 0.126 e. The lowest BCUT2D eigenvalue weighted by atomic mass is 9.95. The van der Waals surface area contributed by atoms with E-state index in [0.29, 0.717) is 12.1 Å². The van der Waals surface area contributed by atoms with Crippen molar-refractivity contribution in [1.29, 1.82) is 0 Å². The van der Waals surface area contributed by atoms with Crippen molar-refractivity contribution in [3.8, 4) is 0 Å². The van der Waals surface area contributed by atoms with E-state index in [4.69, 9.17) is 0 Å². The molecule has 0 aliphatic heterocycles. The highest BCUT2D eigenvalue weighted by atomic mass is 19.1. The van der Waals surface area contributed by atoms with Crippen LogP contribution in [0.4, 0.5) is 4.39 Å². The number of halogens is 1. The van der Waals surface area contributed by atoms with Crippen LogP contribution in [-0.2, 0) is 6.42 Å². The van der Waals surface area contributed by atoms with Crippen molar-refractivity contribution in [3.05, 3.63) is 35.1 Å². The Labute approximate surface area is 115 Å². The summed E-state index contributed by atoms with van der Waals surface area (Å²) >= 11 is 0. The largest absolute Gasteiger partial charge is 0.307 e. The average Bonchev–Trinajstić information content (AvgIpc) is 2.77. The topological polar surface area (TPSA) is 12.0 Å². The summed E-state index contributed by atoms with van der Waals surface area (Å²) < 4.78 is 13.7. The van der Waals surface area contributed by atoms with Gasteiger partial charge in [-0.3, -0.25) is 0 Å². The van der Waals surface area contributed by atoms with E-state index in [1.165, 1.54) is 50.5 Å². The van der Waals surface area contributed by atoms with Gasteiger partial charge in [0.2, 0.25) is 0 Å². The van der Waals surface area contributed by atoms with E-state index in [9.17, 15) is 4.39 Å². The zero-order valence-electron chi connectivity index (χ0n) is 11.6. The number of hydrogen-bond acceptors (Lipinski definition) is 1. The molecule has 0 saturated heterocycles. The van der Waals surface area contributed by atoms with Gasteiger partial charge in [0, 0.05) is 12.1 Å². The molecule has 1 aromatic rings. The van der Waals surface area contributed by atoms with E-state index in [2.05, 4.69) is 11.4 Å². The zero-order chi connectivity index (χ0) is 13.1. The van der Waals surface area contributed by atoms with E-state index in [1.807, 2.05) is 6.07 Å². The van der Waals surface area contributed by atoms with Gasteiger partial charge in [0.25, 0.3) is 0 Å². The van der Waals surface area contributed by atoms with Crippen LogP contribution < -0.4 is 5.32 Å². The minimum Gasteiger partial charge on any atom is -0.307 e. The summed E-state index contributed by atoms with van der Waals surface area (Å²) in [4.78, 5) is 0. The van der Waals surface area contributed by atoms with Crippen LogP contribution in [0.1, 0.15) is 68.5 Å². The highest BCUT2D eigenvalue weighted by Gasteiger charge is 2.26. The van der Waals surface area contributed by atoms with Crippen LogP contribution in [0.15, 0.2) is 18.2 Å². The molecule has 104 valence electrons. The number of nitrogens with one attached hydrogen (secondary N) is 1. The lowest BCUT2D eigenvalue weighted by molar-refractivity contribution is 0.352. The van der Waals surface area contributed by atoms with Crippen LogP contribution in [-0.4, -0.2) is 6.04 Å². The molecule has 2 aliphatic carbocycles. The van der Waals surface area contributed by atoms with E-state index in [-0.39, 0.29) is 5.82 Å². The summed E-state index contributed by atoms with van der Waals surface area (Å²) in [6.45, 7) is 0.